The van der Waals surface area contributed by atoms with Gasteiger partial charge in [0.25, 0.3) is 6.64 Å². The van der Waals surface area contributed by atoms with Crippen LogP contribution in [0.3, 0.4) is 0 Å². The van der Waals surface area contributed by atoms with Crippen molar-refractivity contribution in [2.75, 3.05) is 13.0 Å². The monoisotopic (exact) mass is 207 g/mol. The second kappa shape index (κ2) is 4.59. The second-order valence-electron chi connectivity index (χ2n) is 1.39. The Balaban J connectivity index is 3.77. The molecule has 0 heterocycles. The van der Waals surface area contributed by atoms with Gasteiger partial charge in [0, 0.05) is 7.11 Å². The fourth-order valence-electron chi connectivity index (χ4n) is 0.231. The van der Waals surface area contributed by atoms with Crippen LogP contribution >= 0.6 is 18.2 Å². The third-order valence-electron chi connectivity index (χ3n) is 0.637. The van der Waals surface area contributed by atoms with Crippen molar-refractivity contribution in [2.45, 2.75) is 6.36 Å². The lowest BCUT2D eigenvalue weighted by molar-refractivity contribution is 0.0858. The van der Waals surface area contributed by atoms with Crippen molar-refractivity contribution in [3.63, 3.8) is 0 Å². The Hall–Kier alpha value is 0.750. The van der Waals surface area contributed by atoms with Gasteiger partial charge in [0.1, 0.15) is 0 Å². The lowest BCUT2D eigenvalue weighted by Gasteiger charge is -2.15. The summed E-state index contributed by atoms with van der Waals surface area (Å²) >= 11 is 9.61. The molecule has 0 rings (SSSR count). The van der Waals surface area contributed by atoms with Crippen LogP contribution in [0.15, 0.2) is 0 Å². The van der Waals surface area contributed by atoms with Gasteiger partial charge in [-0.2, -0.15) is 0 Å². The minimum absolute atomic E-state index is 0.293. The van der Waals surface area contributed by atoms with Crippen LogP contribution in [0.4, 0.5) is 4.39 Å². The predicted molar refractivity (Wildman–Crippen MR) is 42.2 cm³/mol. The zero-order valence-electron chi connectivity index (χ0n) is 5.29. The van der Waals surface area contributed by atoms with Crippen LogP contribution in [-0.2, 0) is 20.9 Å². The summed E-state index contributed by atoms with van der Waals surface area (Å²) in [6.45, 7) is -2.87. The zero-order chi connectivity index (χ0) is 8.20. The number of hydrogen-bond acceptors (Lipinski definition) is 3. The highest BCUT2D eigenvalue weighted by molar-refractivity contribution is 8.08. The summed E-state index contributed by atoms with van der Waals surface area (Å²) in [6.07, 6.45) is -1.64. The lowest BCUT2D eigenvalue weighted by Crippen LogP contribution is -2.10. The molecule has 0 aromatic heterocycles. The first kappa shape index (κ1) is 10.8. The molecule has 0 aliphatic rings. The second-order valence-corrected chi connectivity index (χ2v) is 4.88. The van der Waals surface area contributed by atoms with Crippen LogP contribution in [0, 0.1) is 0 Å². The van der Waals surface area contributed by atoms with E-state index in [0.29, 0.717) is 0 Å². The summed E-state index contributed by atoms with van der Waals surface area (Å²) < 4.78 is 21.2. The van der Waals surface area contributed by atoms with E-state index in [-0.39, 0.29) is 5.88 Å². The van der Waals surface area contributed by atoms with Gasteiger partial charge >= 0.3 is 0 Å². The molecule has 10 heavy (non-hydrogen) atoms. The van der Waals surface area contributed by atoms with Crippen LogP contribution in [-0.4, -0.2) is 19.3 Å². The summed E-state index contributed by atoms with van der Waals surface area (Å²) in [4.78, 5) is 0. The molecule has 0 radical (unpaired) electrons. The molecule has 0 spiro atoms. The van der Waals surface area contributed by atoms with Gasteiger partial charge in [0.2, 0.25) is 6.36 Å². The van der Waals surface area contributed by atoms with E-state index in [1.54, 1.807) is 0 Å². The third kappa shape index (κ3) is 4.55. The van der Waals surface area contributed by atoms with Gasteiger partial charge in [-0.05, 0) is 11.8 Å². The van der Waals surface area contributed by atoms with Gasteiger partial charge in [-0.1, -0.05) is 0 Å². The molecule has 0 amide bonds. The molecule has 2 atom stereocenters. The Morgan fingerprint density at radius 1 is 1.90 bits per heavy atom. The Bertz CT molecular complexity index is 148. The molecular formula is C3H8ClFNO2PS. The molecular weight excluding hydrogens is 200 g/mol. The highest BCUT2D eigenvalue weighted by atomic mass is 35.5. The van der Waals surface area contributed by atoms with E-state index in [2.05, 4.69) is 20.9 Å². The lowest BCUT2D eigenvalue weighted by atomic mass is 10.8. The van der Waals surface area contributed by atoms with Crippen molar-refractivity contribution in [3.05, 3.63) is 0 Å². The van der Waals surface area contributed by atoms with E-state index in [0.717, 1.165) is 0 Å². The van der Waals surface area contributed by atoms with Crippen molar-refractivity contribution in [1.82, 2.24) is 0 Å². The molecule has 0 aliphatic carbocycles. The number of hydrogen-bond donors (Lipinski definition) is 1. The fourth-order valence-corrected chi connectivity index (χ4v) is 1.14. The van der Waals surface area contributed by atoms with Gasteiger partial charge in [0.05, 0.1) is 5.88 Å². The molecule has 2 N–H and O–H groups in total. The largest absolute Gasteiger partial charge is 0.321 e. The minimum Gasteiger partial charge on any atom is -0.321 e. The molecule has 62 valence electrons. The number of nitrogens with two attached hydrogens (primary N) is 1. The SMILES string of the molecule is COP(N)(=S)OC(F)CCl. The van der Waals surface area contributed by atoms with E-state index in [4.69, 9.17) is 17.1 Å². The maximum atomic E-state index is 12.3. The molecule has 0 bridgehead atoms. The predicted octanol–water partition coefficient (Wildman–Crippen LogP) is 1.37. The van der Waals surface area contributed by atoms with Crippen molar-refractivity contribution < 1.29 is 13.4 Å². The minimum atomic E-state index is -2.87. The van der Waals surface area contributed by atoms with Crippen molar-refractivity contribution in [1.29, 1.82) is 0 Å². The third-order valence-corrected chi connectivity index (χ3v) is 2.62. The highest BCUT2D eigenvalue weighted by Gasteiger charge is 2.16. The number of alkyl halides is 2. The quantitative estimate of drug-likeness (QED) is 0.559. The summed E-state index contributed by atoms with van der Waals surface area (Å²) in [7, 11) is 1.27. The first-order chi connectivity index (χ1) is 4.52. The van der Waals surface area contributed by atoms with E-state index in [9.17, 15) is 4.39 Å². The van der Waals surface area contributed by atoms with E-state index in [1.165, 1.54) is 7.11 Å². The molecule has 0 aliphatic heterocycles. The van der Waals surface area contributed by atoms with E-state index in [1.807, 2.05) is 0 Å². The average molecular weight is 208 g/mol. The molecule has 3 nitrogen and oxygen atoms in total. The smallest absolute Gasteiger partial charge is 0.260 e. The maximum Gasteiger partial charge on any atom is 0.260 e. The van der Waals surface area contributed by atoms with E-state index < -0.39 is 13.0 Å². The van der Waals surface area contributed by atoms with Gasteiger partial charge < -0.3 is 4.52 Å². The molecule has 0 saturated heterocycles. The summed E-state index contributed by atoms with van der Waals surface area (Å²) in [6, 6.07) is 0. The van der Waals surface area contributed by atoms with Crippen LogP contribution in [0.1, 0.15) is 0 Å². The Kier molecular flexibility index (Phi) is 4.94. The summed E-state index contributed by atoms with van der Waals surface area (Å²) in [5.74, 6) is -0.293. The molecule has 7 heteroatoms. The highest BCUT2D eigenvalue weighted by Crippen LogP contribution is 2.40. The first-order valence-electron chi connectivity index (χ1n) is 2.34. The van der Waals surface area contributed by atoms with Gasteiger partial charge in [-0.3, -0.25) is 10.0 Å². The van der Waals surface area contributed by atoms with Crippen LogP contribution < -0.4 is 5.50 Å². The van der Waals surface area contributed by atoms with Crippen LogP contribution in [0.25, 0.3) is 0 Å². The molecule has 2 unspecified atom stereocenters. The van der Waals surface area contributed by atoms with Crippen LogP contribution in [0.2, 0.25) is 0 Å². The molecule has 0 aromatic rings. The zero-order valence-corrected chi connectivity index (χ0v) is 7.76. The maximum absolute atomic E-state index is 12.3. The van der Waals surface area contributed by atoms with Crippen molar-refractivity contribution >= 4 is 30.1 Å². The Morgan fingerprint density at radius 3 is 2.70 bits per heavy atom. The van der Waals surface area contributed by atoms with Gasteiger partial charge in [-0.15, -0.1) is 11.6 Å². The topological polar surface area (TPSA) is 44.5 Å². The summed E-state index contributed by atoms with van der Waals surface area (Å²) in [5, 5.41) is 0. The fraction of sp³-hybridized carbons (Fsp3) is 1.00. The molecule has 0 saturated carbocycles. The van der Waals surface area contributed by atoms with Crippen LogP contribution in [0.5, 0.6) is 0 Å². The molecule has 0 fully saturated rings. The number of halogens is 2. The average Bonchev–Trinajstić information content (AvgIpc) is 1.87. The number of rotatable bonds is 4. The Morgan fingerprint density at radius 2 is 2.40 bits per heavy atom. The first-order valence-corrected chi connectivity index (χ1v) is 5.59. The summed E-state index contributed by atoms with van der Waals surface area (Å²) in [5.41, 5.74) is 5.18. The Labute approximate surface area is 68.9 Å². The van der Waals surface area contributed by atoms with Gasteiger partial charge in [-0.25, -0.2) is 4.39 Å². The van der Waals surface area contributed by atoms with Crippen molar-refractivity contribution in [2.24, 2.45) is 5.50 Å². The molecule has 0 aromatic carbocycles. The van der Waals surface area contributed by atoms with Gasteiger partial charge in [0.15, 0.2) is 0 Å². The standard InChI is InChI=1S/C3H8ClFNO2PS/c1-7-9(6,10)8-3(5)2-4/h3H,2H2,1H3,(H2,6,10). The van der Waals surface area contributed by atoms with E-state index >= 15 is 0 Å². The van der Waals surface area contributed by atoms with Crippen molar-refractivity contribution in [3.8, 4) is 0 Å². The normalized spacial score (nSPS) is 20.0.